The van der Waals surface area contributed by atoms with Gasteiger partial charge in [0.2, 0.25) is 5.91 Å². The third-order valence-corrected chi connectivity index (χ3v) is 5.66. The molecule has 2 heterocycles. The van der Waals surface area contributed by atoms with Crippen LogP contribution in [0.15, 0.2) is 24.3 Å². The second-order valence-electron chi connectivity index (χ2n) is 7.16. The summed E-state index contributed by atoms with van der Waals surface area (Å²) in [7, 11) is 1.70. The Bertz CT molecular complexity index is 515. The first-order valence-electron chi connectivity index (χ1n) is 9.38. The molecule has 1 aromatic rings. The Labute approximate surface area is 145 Å². The summed E-state index contributed by atoms with van der Waals surface area (Å²) in [5.74, 6) is 2.59. The van der Waals surface area contributed by atoms with Crippen LogP contribution in [0, 0.1) is 5.92 Å². The van der Waals surface area contributed by atoms with E-state index in [-0.39, 0.29) is 0 Å². The molecule has 0 spiro atoms. The van der Waals surface area contributed by atoms with E-state index in [1.807, 2.05) is 12.1 Å². The van der Waals surface area contributed by atoms with E-state index >= 15 is 0 Å². The summed E-state index contributed by atoms with van der Waals surface area (Å²) < 4.78 is 5.23. The second-order valence-corrected chi connectivity index (χ2v) is 7.16. The van der Waals surface area contributed by atoms with Gasteiger partial charge in [0.05, 0.1) is 7.11 Å². The van der Waals surface area contributed by atoms with Gasteiger partial charge in [0.15, 0.2) is 0 Å². The van der Waals surface area contributed by atoms with E-state index in [2.05, 4.69) is 22.3 Å². The molecule has 2 saturated heterocycles. The minimum atomic E-state index is 0.363. The van der Waals surface area contributed by atoms with Gasteiger partial charge >= 0.3 is 0 Å². The number of nitrogens with zero attached hydrogens (tertiary/aromatic N) is 1. The molecule has 0 radical (unpaired) electrons. The molecule has 4 nitrogen and oxygen atoms in total. The molecule has 0 bridgehead atoms. The Hall–Kier alpha value is -1.55. The van der Waals surface area contributed by atoms with Crippen LogP contribution in [0.2, 0.25) is 0 Å². The molecular formula is C20H30N2O2. The molecule has 0 saturated carbocycles. The van der Waals surface area contributed by atoms with Gasteiger partial charge in [0, 0.05) is 19.5 Å². The van der Waals surface area contributed by atoms with Crippen molar-refractivity contribution in [3.05, 3.63) is 29.8 Å². The van der Waals surface area contributed by atoms with E-state index < -0.39 is 0 Å². The van der Waals surface area contributed by atoms with Crippen molar-refractivity contribution in [1.29, 1.82) is 0 Å². The first kappa shape index (κ1) is 17.3. The lowest BCUT2D eigenvalue weighted by Crippen LogP contribution is -2.38. The van der Waals surface area contributed by atoms with Crippen LogP contribution in [0.25, 0.3) is 0 Å². The quantitative estimate of drug-likeness (QED) is 0.901. The average Bonchev–Trinajstić information content (AvgIpc) is 2.67. The van der Waals surface area contributed by atoms with Crippen LogP contribution in [0.3, 0.4) is 0 Å². The third-order valence-electron chi connectivity index (χ3n) is 5.66. The number of methoxy groups -OCH3 is 1. The summed E-state index contributed by atoms with van der Waals surface area (Å²) in [5.41, 5.74) is 1.37. The Morgan fingerprint density at radius 1 is 1.12 bits per heavy atom. The van der Waals surface area contributed by atoms with E-state index in [0.29, 0.717) is 11.8 Å². The summed E-state index contributed by atoms with van der Waals surface area (Å²) in [6.45, 7) is 4.04. The number of likely N-dealkylation sites (tertiary alicyclic amines) is 1. The molecule has 0 aromatic heterocycles. The topological polar surface area (TPSA) is 41.6 Å². The Morgan fingerprint density at radius 3 is 2.42 bits per heavy atom. The molecule has 3 rings (SSSR count). The van der Waals surface area contributed by atoms with E-state index in [4.69, 9.17) is 4.74 Å². The van der Waals surface area contributed by atoms with Crippen molar-refractivity contribution in [3.63, 3.8) is 0 Å². The minimum Gasteiger partial charge on any atom is -0.497 e. The normalized spacial score (nSPS) is 20.1. The number of hydrogen-bond acceptors (Lipinski definition) is 3. The molecule has 0 unspecified atom stereocenters. The highest BCUT2D eigenvalue weighted by atomic mass is 16.5. The molecule has 1 N–H and O–H groups in total. The molecule has 2 fully saturated rings. The molecule has 2 aliphatic heterocycles. The zero-order valence-electron chi connectivity index (χ0n) is 14.8. The van der Waals surface area contributed by atoms with Crippen LogP contribution in [-0.2, 0) is 4.79 Å². The van der Waals surface area contributed by atoms with Gasteiger partial charge in [-0.25, -0.2) is 0 Å². The smallest absolute Gasteiger partial charge is 0.222 e. The maximum absolute atomic E-state index is 12.5. The number of hydrogen-bond donors (Lipinski definition) is 1. The van der Waals surface area contributed by atoms with Crippen molar-refractivity contribution in [2.75, 3.05) is 33.3 Å². The number of benzene rings is 1. The lowest BCUT2D eigenvalue weighted by molar-refractivity contribution is -0.132. The average molecular weight is 330 g/mol. The SMILES string of the molecule is COc1ccc(C2CCN(C(=O)CCC3CCNCC3)CC2)cc1. The predicted molar refractivity (Wildman–Crippen MR) is 96.4 cm³/mol. The largest absolute Gasteiger partial charge is 0.497 e. The van der Waals surface area contributed by atoms with E-state index in [0.717, 1.165) is 63.5 Å². The molecule has 0 atom stereocenters. The van der Waals surface area contributed by atoms with Gasteiger partial charge in [0.25, 0.3) is 0 Å². The monoisotopic (exact) mass is 330 g/mol. The van der Waals surface area contributed by atoms with Gasteiger partial charge in [-0.3, -0.25) is 4.79 Å². The predicted octanol–water partition coefficient (Wildman–Crippen LogP) is 3.18. The van der Waals surface area contributed by atoms with Crippen LogP contribution in [0.4, 0.5) is 0 Å². The fourth-order valence-corrected chi connectivity index (χ4v) is 3.99. The molecular weight excluding hydrogens is 300 g/mol. The number of nitrogens with one attached hydrogen (secondary N) is 1. The van der Waals surface area contributed by atoms with Crippen molar-refractivity contribution in [2.45, 2.75) is 44.4 Å². The number of carbonyl (C=O) groups excluding carboxylic acids is 1. The van der Waals surface area contributed by atoms with Gasteiger partial charge in [0.1, 0.15) is 5.75 Å². The first-order valence-corrected chi connectivity index (χ1v) is 9.38. The van der Waals surface area contributed by atoms with Crippen molar-refractivity contribution >= 4 is 5.91 Å². The van der Waals surface area contributed by atoms with Crippen molar-refractivity contribution in [1.82, 2.24) is 10.2 Å². The van der Waals surface area contributed by atoms with E-state index in [9.17, 15) is 4.79 Å². The molecule has 0 aliphatic carbocycles. The van der Waals surface area contributed by atoms with Gasteiger partial charge in [-0.05, 0) is 74.7 Å². The van der Waals surface area contributed by atoms with Crippen LogP contribution < -0.4 is 10.1 Å². The standard InChI is InChI=1S/C20H30N2O2/c1-24-19-5-3-17(4-6-19)18-10-14-22(15-11-18)20(23)7-2-16-8-12-21-13-9-16/h3-6,16,18,21H,2,7-15H2,1H3. The third kappa shape index (κ3) is 4.50. The van der Waals surface area contributed by atoms with Crippen molar-refractivity contribution < 1.29 is 9.53 Å². The highest BCUT2D eigenvalue weighted by Crippen LogP contribution is 2.29. The van der Waals surface area contributed by atoms with E-state index in [1.54, 1.807) is 7.11 Å². The fraction of sp³-hybridized carbons (Fsp3) is 0.650. The van der Waals surface area contributed by atoms with Gasteiger partial charge in [-0.2, -0.15) is 0 Å². The van der Waals surface area contributed by atoms with Crippen molar-refractivity contribution in [2.24, 2.45) is 5.92 Å². The summed E-state index contributed by atoms with van der Waals surface area (Å²) >= 11 is 0. The number of ether oxygens (including phenoxy) is 1. The summed E-state index contributed by atoms with van der Waals surface area (Å²) in [4.78, 5) is 14.5. The van der Waals surface area contributed by atoms with Crippen LogP contribution in [0.5, 0.6) is 5.75 Å². The van der Waals surface area contributed by atoms with Crippen LogP contribution in [-0.4, -0.2) is 44.1 Å². The molecule has 132 valence electrons. The summed E-state index contributed by atoms with van der Waals surface area (Å²) in [5, 5.41) is 3.39. The summed E-state index contributed by atoms with van der Waals surface area (Å²) in [6.07, 6.45) is 6.41. The Balaban J connectivity index is 1.42. The Kier molecular flexibility index (Phi) is 6.13. The molecule has 24 heavy (non-hydrogen) atoms. The van der Waals surface area contributed by atoms with Crippen LogP contribution >= 0.6 is 0 Å². The number of rotatable bonds is 5. The van der Waals surface area contributed by atoms with Gasteiger partial charge in [-0.15, -0.1) is 0 Å². The Morgan fingerprint density at radius 2 is 1.79 bits per heavy atom. The zero-order chi connectivity index (χ0) is 16.8. The zero-order valence-corrected chi connectivity index (χ0v) is 14.8. The highest BCUT2D eigenvalue weighted by Gasteiger charge is 2.24. The van der Waals surface area contributed by atoms with E-state index in [1.165, 1.54) is 18.4 Å². The molecule has 1 aromatic carbocycles. The number of piperidine rings is 2. The molecule has 1 amide bonds. The van der Waals surface area contributed by atoms with Crippen LogP contribution in [0.1, 0.15) is 50.0 Å². The molecule has 2 aliphatic rings. The minimum absolute atomic E-state index is 0.363. The lowest BCUT2D eigenvalue weighted by atomic mass is 9.89. The number of carbonyl (C=O) groups is 1. The van der Waals surface area contributed by atoms with Gasteiger partial charge < -0.3 is 15.0 Å². The van der Waals surface area contributed by atoms with Crippen molar-refractivity contribution in [3.8, 4) is 5.75 Å². The first-order chi connectivity index (χ1) is 11.8. The maximum Gasteiger partial charge on any atom is 0.222 e. The number of amides is 1. The fourth-order valence-electron chi connectivity index (χ4n) is 3.99. The highest BCUT2D eigenvalue weighted by molar-refractivity contribution is 5.76. The van der Waals surface area contributed by atoms with Gasteiger partial charge in [-0.1, -0.05) is 12.1 Å². The maximum atomic E-state index is 12.5. The summed E-state index contributed by atoms with van der Waals surface area (Å²) in [6, 6.07) is 8.40. The molecule has 4 heteroatoms. The second kappa shape index (κ2) is 8.52. The lowest BCUT2D eigenvalue weighted by Gasteiger charge is -2.33.